The van der Waals surface area contributed by atoms with Gasteiger partial charge in [0.25, 0.3) is 0 Å². The summed E-state index contributed by atoms with van der Waals surface area (Å²) in [5.41, 5.74) is 0. The predicted octanol–water partition coefficient (Wildman–Crippen LogP) is 3.13. The largest absolute Gasteiger partial charge is 0.480 e. The van der Waals surface area contributed by atoms with E-state index in [2.05, 4.69) is 15.9 Å². The van der Waals surface area contributed by atoms with E-state index in [1.807, 2.05) is 24.4 Å². The fraction of sp³-hybridized carbons (Fsp3) is 0.579. The van der Waals surface area contributed by atoms with Gasteiger partial charge in [0.05, 0.1) is 0 Å². The Hall–Kier alpha value is -1.07. The number of alkyl halides is 1. The number of carbonyl (C=O) groups is 2. The fourth-order valence-electron chi connectivity index (χ4n) is 3.66. The van der Waals surface area contributed by atoms with Gasteiger partial charge >= 0.3 is 5.97 Å². The van der Waals surface area contributed by atoms with E-state index >= 15 is 0 Å². The van der Waals surface area contributed by atoms with Crippen LogP contribution in [0.15, 0.2) is 23.3 Å². The standard InChI is InChI=1S/C19H24BrNO6S2/c1-5-26-10(2)27-12(9-11-7-6-8-28-11)14(22)19(20)16(25)21-13(15(23)24)18(3,4)29-17(19)21/h6-10,13-14,17,22H,5H2,1-4H3,(H,23,24)/t10-,13+,14?,17-,19?/m1/s1. The Balaban J connectivity index is 1.92. The molecular formula is C19H24BrNO6S2. The van der Waals surface area contributed by atoms with Crippen LogP contribution in [0.1, 0.15) is 32.6 Å². The number of halogens is 1. The van der Waals surface area contributed by atoms with Crippen LogP contribution in [-0.2, 0) is 19.1 Å². The topological polar surface area (TPSA) is 96.3 Å². The number of ether oxygens (including phenoxy) is 2. The zero-order valence-corrected chi connectivity index (χ0v) is 19.7. The molecule has 1 amide bonds. The summed E-state index contributed by atoms with van der Waals surface area (Å²) in [6.07, 6.45) is -0.261. The van der Waals surface area contributed by atoms with E-state index in [-0.39, 0.29) is 5.76 Å². The number of rotatable bonds is 8. The minimum Gasteiger partial charge on any atom is -0.480 e. The first-order valence-corrected chi connectivity index (χ1v) is 11.7. The summed E-state index contributed by atoms with van der Waals surface area (Å²) in [5, 5.41) is 22.2. The molecule has 160 valence electrons. The number of aliphatic carboxylic acids is 1. The molecule has 1 aromatic rings. The van der Waals surface area contributed by atoms with E-state index in [0.717, 1.165) is 4.88 Å². The summed E-state index contributed by atoms with van der Waals surface area (Å²) in [5.74, 6) is -1.33. The van der Waals surface area contributed by atoms with Crippen LogP contribution < -0.4 is 0 Å². The van der Waals surface area contributed by atoms with E-state index < -0.39 is 44.8 Å². The zero-order valence-electron chi connectivity index (χ0n) is 16.5. The van der Waals surface area contributed by atoms with Crippen LogP contribution in [0.4, 0.5) is 0 Å². The van der Waals surface area contributed by atoms with Gasteiger partial charge in [-0.15, -0.1) is 23.1 Å². The van der Waals surface area contributed by atoms with E-state index in [1.54, 1.807) is 26.8 Å². The summed E-state index contributed by atoms with van der Waals surface area (Å²) in [7, 11) is 0. The molecule has 29 heavy (non-hydrogen) atoms. The molecule has 2 unspecified atom stereocenters. The van der Waals surface area contributed by atoms with E-state index in [4.69, 9.17) is 9.47 Å². The number of hydrogen-bond acceptors (Lipinski definition) is 7. The first kappa shape index (κ1) is 22.6. The molecule has 5 atom stereocenters. The van der Waals surface area contributed by atoms with Gasteiger partial charge in [-0.1, -0.05) is 22.0 Å². The molecule has 3 rings (SSSR count). The number of carbonyl (C=O) groups excluding carboxylic acids is 1. The third-order valence-electron chi connectivity index (χ3n) is 4.96. The van der Waals surface area contributed by atoms with Crippen molar-refractivity contribution in [2.24, 2.45) is 0 Å². The molecular weight excluding hydrogens is 482 g/mol. The van der Waals surface area contributed by atoms with Crippen molar-refractivity contribution >= 4 is 57.0 Å². The number of carboxylic acids is 1. The number of aliphatic hydroxyl groups is 1. The van der Waals surface area contributed by atoms with Gasteiger partial charge in [-0.2, -0.15) is 0 Å². The Morgan fingerprint density at radius 1 is 1.48 bits per heavy atom. The molecule has 2 aliphatic rings. The molecule has 2 aliphatic heterocycles. The molecule has 3 heterocycles. The predicted molar refractivity (Wildman–Crippen MR) is 116 cm³/mol. The minimum absolute atomic E-state index is 0.190. The maximum Gasteiger partial charge on any atom is 0.327 e. The molecule has 7 nitrogen and oxygen atoms in total. The second kappa shape index (κ2) is 8.22. The number of β-lactam (4-membered cyclic amide) rings is 1. The highest BCUT2D eigenvalue weighted by atomic mass is 79.9. The van der Waals surface area contributed by atoms with Gasteiger partial charge in [-0.3, -0.25) is 4.79 Å². The summed E-state index contributed by atoms with van der Waals surface area (Å²) < 4.78 is 9.20. The van der Waals surface area contributed by atoms with Crippen LogP contribution in [0.2, 0.25) is 0 Å². The van der Waals surface area contributed by atoms with Crippen molar-refractivity contribution in [2.75, 3.05) is 6.61 Å². The summed E-state index contributed by atoms with van der Waals surface area (Å²) in [6.45, 7) is 7.56. The molecule has 10 heteroatoms. The lowest BCUT2D eigenvalue weighted by atomic mass is 9.86. The Morgan fingerprint density at radius 3 is 2.72 bits per heavy atom. The van der Waals surface area contributed by atoms with E-state index in [9.17, 15) is 19.8 Å². The maximum absolute atomic E-state index is 13.1. The summed E-state index contributed by atoms with van der Waals surface area (Å²) in [6, 6.07) is 2.78. The van der Waals surface area contributed by atoms with Crippen LogP contribution in [-0.4, -0.2) is 66.5 Å². The van der Waals surface area contributed by atoms with Crippen LogP contribution in [0.5, 0.6) is 0 Å². The number of hydrogen-bond donors (Lipinski definition) is 2. The molecule has 0 radical (unpaired) electrons. The number of nitrogens with zero attached hydrogens (tertiary/aromatic N) is 1. The number of carboxylic acid groups (broad SMARTS) is 1. The van der Waals surface area contributed by atoms with Gasteiger partial charge < -0.3 is 24.6 Å². The van der Waals surface area contributed by atoms with Crippen molar-refractivity contribution in [1.29, 1.82) is 0 Å². The lowest BCUT2D eigenvalue weighted by molar-refractivity contribution is -0.166. The molecule has 2 saturated heterocycles. The quantitative estimate of drug-likeness (QED) is 0.242. The third kappa shape index (κ3) is 3.85. The molecule has 0 bridgehead atoms. The maximum atomic E-state index is 13.1. The van der Waals surface area contributed by atoms with Gasteiger partial charge in [0.15, 0.2) is 10.6 Å². The van der Waals surface area contributed by atoms with Gasteiger partial charge in [-0.05, 0) is 45.2 Å². The molecule has 0 aliphatic carbocycles. The number of aliphatic hydroxyl groups excluding tert-OH is 1. The summed E-state index contributed by atoms with van der Waals surface area (Å²) >= 11 is 6.28. The van der Waals surface area contributed by atoms with Gasteiger partial charge in [0.1, 0.15) is 23.3 Å². The Labute approximate surface area is 186 Å². The Bertz CT molecular complexity index is 814. The van der Waals surface area contributed by atoms with Crippen molar-refractivity contribution in [3.8, 4) is 0 Å². The average Bonchev–Trinajstić information content (AvgIpc) is 3.24. The number of amides is 1. The molecule has 0 aromatic carbocycles. The highest BCUT2D eigenvalue weighted by Gasteiger charge is 2.73. The highest BCUT2D eigenvalue weighted by Crippen LogP contribution is 2.59. The molecule has 0 spiro atoms. The minimum atomic E-state index is -1.38. The lowest BCUT2D eigenvalue weighted by Crippen LogP contribution is -2.74. The van der Waals surface area contributed by atoms with Gasteiger partial charge in [0.2, 0.25) is 5.91 Å². The zero-order chi connectivity index (χ0) is 21.6. The van der Waals surface area contributed by atoms with Crippen LogP contribution >= 0.6 is 39.0 Å². The van der Waals surface area contributed by atoms with Crippen molar-refractivity contribution in [2.45, 2.75) is 60.6 Å². The summed E-state index contributed by atoms with van der Waals surface area (Å²) in [4.78, 5) is 27.0. The smallest absolute Gasteiger partial charge is 0.327 e. The van der Waals surface area contributed by atoms with Crippen LogP contribution in [0.3, 0.4) is 0 Å². The third-order valence-corrected chi connectivity index (χ3v) is 8.94. The van der Waals surface area contributed by atoms with E-state index in [0.29, 0.717) is 6.61 Å². The normalized spacial score (nSPS) is 30.5. The van der Waals surface area contributed by atoms with Crippen LogP contribution in [0.25, 0.3) is 6.08 Å². The SMILES string of the molecule is CCO[C@@H](C)OC(=Cc1cccs1)C(O)C1(Br)C(=O)N2[C@@H](C(=O)O)C(C)(C)S[C@@H]21. The second-order valence-electron chi connectivity index (χ2n) is 7.40. The van der Waals surface area contributed by atoms with Crippen molar-refractivity contribution < 1.29 is 29.3 Å². The highest BCUT2D eigenvalue weighted by molar-refractivity contribution is 9.10. The van der Waals surface area contributed by atoms with Crippen molar-refractivity contribution in [3.05, 3.63) is 28.1 Å². The van der Waals surface area contributed by atoms with Crippen molar-refractivity contribution in [1.82, 2.24) is 4.90 Å². The van der Waals surface area contributed by atoms with Crippen molar-refractivity contribution in [3.63, 3.8) is 0 Å². The molecule has 2 N–H and O–H groups in total. The van der Waals surface area contributed by atoms with Gasteiger partial charge in [-0.25, -0.2) is 4.79 Å². The second-order valence-corrected chi connectivity index (χ2v) is 11.4. The Morgan fingerprint density at radius 2 is 2.17 bits per heavy atom. The monoisotopic (exact) mass is 505 g/mol. The molecule has 2 fully saturated rings. The first-order valence-electron chi connectivity index (χ1n) is 9.17. The Kier molecular flexibility index (Phi) is 6.41. The van der Waals surface area contributed by atoms with E-state index in [1.165, 1.54) is 28.0 Å². The molecule has 0 saturated carbocycles. The fourth-order valence-corrected chi connectivity index (χ4v) is 6.89. The number of thiophene rings is 1. The first-order chi connectivity index (χ1) is 13.5. The average molecular weight is 506 g/mol. The van der Waals surface area contributed by atoms with Crippen LogP contribution in [0, 0.1) is 0 Å². The number of thioether (sulfide) groups is 1. The lowest BCUT2D eigenvalue weighted by Gasteiger charge is -2.51. The van der Waals surface area contributed by atoms with Gasteiger partial charge in [0, 0.05) is 16.2 Å². The molecule has 1 aromatic heterocycles. The number of fused-ring (bicyclic) bond motifs is 1.